The van der Waals surface area contributed by atoms with Gasteiger partial charge in [0.1, 0.15) is 17.3 Å². The Hall–Kier alpha value is -4.26. The summed E-state index contributed by atoms with van der Waals surface area (Å²) in [6.45, 7) is 4.67. The molecule has 1 atom stereocenters. The second-order valence-electron chi connectivity index (χ2n) is 8.55. The van der Waals surface area contributed by atoms with Crippen molar-refractivity contribution in [3.8, 4) is 11.5 Å². The van der Waals surface area contributed by atoms with Gasteiger partial charge >= 0.3 is 0 Å². The van der Waals surface area contributed by atoms with E-state index in [1.54, 1.807) is 48.5 Å². The van der Waals surface area contributed by atoms with E-state index >= 15 is 0 Å². The molecule has 1 fully saturated rings. The van der Waals surface area contributed by atoms with Crippen molar-refractivity contribution in [2.75, 3.05) is 37.1 Å². The van der Waals surface area contributed by atoms with Crippen LogP contribution >= 0.6 is 0 Å². The average Bonchev–Trinajstić information content (AvgIpc) is 3.14. The maximum Gasteiger partial charge on any atom is 0.300 e. The van der Waals surface area contributed by atoms with E-state index in [0.29, 0.717) is 41.5 Å². The lowest BCUT2D eigenvalue weighted by atomic mass is 9.94. The zero-order valence-corrected chi connectivity index (χ0v) is 20.9. The van der Waals surface area contributed by atoms with Gasteiger partial charge in [-0.3, -0.25) is 14.5 Å². The highest BCUT2D eigenvalue weighted by molar-refractivity contribution is 6.51. The number of aliphatic hydroxyl groups excluding tert-OH is 1. The van der Waals surface area contributed by atoms with Crippen LogP contribution in [0.5, 0.6) is 11.5 Å². The van der Waals surface area contributed by atoms with Crippen molar-refractivity contribution in [3.63, 3.8) is 0 Å². The molecule has 36 heavy (non-hydrogen) atoms. The number of amides is 1. The van der Waals surface area contributed by atoms with Gasteiger partial charge in [-0.2, -0.15) is 0 Å². The summed E-state index contributed by atoms with van der Waals surface area (Å²) in [4.78, 5) is 30.2. The third-order valence-corrected chi connectivity index (χ3v) is 5.99. The summed E-state index contributed by atoms with van der Waals surface area (Å²) in [7, 11) is 3.87. The van der Waals surface area contributed by atoms with Gasteiger partial charge < -0.3 is 19.5 Å². The minimum absolute atomic E-state index is 0.0214. The van der Waals surface area contributed by atoms with Gasteiger partial charge in [0.05, 0.1) is 24.8 Å². The molecule has 1 aliphatic rings. The van der Waals surface area contributed by atoms with Crippen molar-refractivity contribution in [1.29, 1.82) is 0 Å². The molecule has 1 N–H and O–H groups in total. The maximum atomic E-state index is 13.4. The van der Waals surface area contributed by atoms with Gasteiger partial charge in [0.25, 0.3) is 11.7 Å². The monoisotopic (exact) mass is 486 g/mol. The van der Waals surface area contributed by atoms with Crippen LogP contribution in [0.15, 0.2) is 78.4 Å². The number of Topliss-reactive ketones (excluding diaryl/α,β-unsaturated/α-hetero) is 1. The molecule has 0 bridgehead atoms. The summed E-state index contributed by atoms with van der Waals surface area (Å²) in [6, 6.07) is 20.7. The van der Waals surface area contributed by atoms with E-state index in [4.69, 9.17) is 9.47 Å². The summed E-state index contributed by atoms with van der Waals surface area (Å²) < 4.78 is 11.2. The highest BCUT2D eigenvalue weighted by Crippen LogP contribution is 2.43. The van der Waals surface area contributed by atoms with Gasteiger partial charge in [-0.05, 0) is 55.8 Å². The Morgan fingerprint density at radius 2 is 1.50 bits per heavy atom. The largest absolute Gasteiger partial charge is 0.507 e. The van der Waals surface area contributed by atoms with Crippen LogP contribution in [0, 0.1) is 0 Å². The molecule has 1 heterocycles. The van der Waals surface area contributed by atoms with Gasteiger partial charge in [-0.15, -0.1) is 0 Å². The number of anilines is 2. The molecule has 4 rings (SSSR count). The Balaban J connectivity index is 1.90. The van der Waals surface area contributed by atoms with Crippen molar-refractivity contribution in [2.24, 2.45) is 0 Å². The molecule has 0 aliphatic carbocycles. The van der Waals surface area contributed by atoms with Gasteiger partial charge in [-0.25, -0.2) is 0 Å². The predicted molar refractivity (Wildman–Crippen MR) is 141 cm³/mol. The zero-order valence-electron chi connectivity index (χ0n) is 20.9. The van der Waals surface area contributed by atoms with Crippen LogP contribution in [0.1, 0.15) is 31.0 Å². The molecule has 0 saturated carbocycles. The van der Waals surface area contributed by atoms with E-state index in [1.165, 1.54) is 4.90 Å². The number of benzene rings is 3. The Morgan fingerprint density at radius 1 is 0.889 bits per heavy atom. The second-order valence-corrected chi connectivity index (χ2v) is 8.55. The highest BCUT2D eigenvalue weighted by atomic mass is 16.5. The van der Waals surface area contributed by atoms with Crippen LogP contribution in [0.2, 0.25) is 0 Å². The normalized spacial score (nSPS) is 16.8. The predicted octanol–water partition coefficient (Wildman–Crippen LogP) is 5.18. The zero-order chi connectivity index (χ0) is 25.8. The summed E-state index contributed by atoms with van der Waals surface area (Å²) in [5.41, 5.74) is 2.60. The number of carbonyl (C=O) groups is 2. The summed E-state index contributed by atoms with van der Waals surface area (Å²) in [6.07, 6.45) is 0. The highest BCUT2D eigenvalue weighted by Gasteiger charge is 2.47. The lowest BCUT2D eigenvalue weighted by Crippen LogP contribution is -2.29. The SMILES string of the molecule is CCOc1cccc(/C(O)=C2\C(=O)C(=O)N(c3cccc(OCC)c3)C2c2ccc(N(C)C)cc2)c1. The number of rotatable bonds is 8. The van der Waals surface area contributed by atoms with Crippen LogP contribution in [0.4, 0.5) is 11.4 Å². The maximum absolute atomic E-state index is 13.4. The first kappa shape index (κ1) is 24.9. The number of aliphatic hydroxyl groups is 1. The molecule has 7 nitrogen and oxygen atoms in total. The molecule has 7 heteroatoms. The fraction of sp³-hybridized carbons (Fsp3) is 0.241. The van der Waals surface area contributed by atoms with E-state index in [1.807, 2.05) is 57.1 Å². The molecule has 1 unspecified atom stereocenters. The van der Waals surface area contributed by atoms with Crippen molar-refractivity contribution in [2.45, 2.75) is 19.9 Å². The first-order valence-electron chi connectivity index (χ1n) is 11.9. The molecule has 1 saturated heterocycles. The number of hydrogen-bond donors (Lipinski definition) is 1. The fourth-order valence-electron chi connectivity index (χ4n) is 4.31. The van der Waals surface area contributed by atoms with Crippen molar-refractivity contribution >= 4 is 28.8 Å². The third kappa shape index (κ3) is 4.77. The van der Waals surface area contributed by atoms with Crippen molar-refractivity contribution in [3.05, 3.63) is 89.5 Å². The molecular formula is C29H30N2O5. The van der Waals surface area contributed by atoms with E-state index in [-0.39, 0.29) is 11.3 Å². The fourth-order valence-corrected chi connectivity index (χ4v) is 4.31. The van der Waals surface area contributed by atoms with Crippen LogP contribution in [0.3, 0.4) is 0 Å². The van der Waals surface area contributed by atoms with Crippen LogP contribution in [0.25, 0.3) is 5.76 Å². The molecule has 0 radical (unpaired) electrons. The number of ketones is 1. The third-order valence-electron chi connectivity index (χ3n) is 5.99. The second kappa shape index (κ2) is 10.6. The van der Waals surface area contributed by atoms with Gasteiger partial charge in [-0.1, -0.05) is 30.3 Å². The number of hydrogen-bond acceptors (Lipinski definition) is 6. The Bertz CT molecular complexity index is 1300. The number of ether oxygens (including phenoxy) is 2. The Morgan fingerprint density at radius 3 is 2.11 bits per heavy atom. The quantitative estimate of drug-likeness (QED) is 0.269. The summed E-state index contributed by atoms with van der Waals surface area (Å²) in [5.74, 6) is -0.569. The smallest absolute Gasteiger partial charge is 0.300 e. The molecule has 0 spiro atoms. The summed E-state index contributed by atoms with van der Waals surface area (Å²) >= 11 is 0. The van der Waals surface area contributed by atoms with Crippen molar-refractivity contribution in [1.82, 2.24) is 0 Å². The minimum atomic E-state index is -0.825. The van der Waals surface area contributed by atoms with Crippen LogP contribution in [-0.2, 0) is 9.59 Å². The number of carbonyl (C=O) groups excluding carboxylic acids is 2. The van der Waals surface area contributed by atoms with Crippen LogP contribution < -0.4 is 19.3 Å². The standard InChI is InChI=1S/C29H30N2O5/c1-5-35-23-11-7-9-20(17-23)27(32)25-26(19-13-15-21(16-14-19)30(3)4)31(29(34)28(25)33)22-10-8-12-24(18-22)36-6-2/h7-18,26,32H,5-6H2,1-4H3/b27-25+. The first-order valence-corrected chi connectivity index (χ1v) is 11.9. The minimum Gasteiger partial charge on any atom is -0.507 e. The molecule has 1 aliphatic heterocycles. The van der Waals surface area contributed by atoms with Gasteiger partial charge in [0.15, 0.2) is 0 Å². The van der Waals surface area contributed by atoms with E-state index < -0.39 is 17.7 Å². The molecule has 1 amide bonds. The Labute approximate surface area is 211 Å². The van der Waals surface area contributed by atoms with Gasteiger partial charge in [0.2, 0.25) is 0 Å². The van der Waals surface area contributed by atoms with Gasteiger partial charge in [0, 0.05) is 37.1 Å². The molecular weight excluding hydrogens is 456 g/mol. The molecule has 186 valence electrons. The van der Waals surface area contributed by atoms with E-state index in [9.17, 15) is 14.7 Å². The first-order chi connectivity index (χ1) is 17.3. The topological polar surface area (TPSA) is 79.3 Å². The van der Waals surface area contributed by atoms with Crippen LogP contribution in [-0.4, -0.2) is 44.1 Å². The number of nitrogens with zero attached hydrogens (tertiary/aromatic N) is 2. The summed E-state index contributed by atoms with van der Waals surface area (Å²) in [5, 5.41) is 11.4. The Kier molecular flexibility index (Phi) is 7.29. The molecule has 3 aromatic carbocycles. The average molecular weight is 487 g/mol. The lowest BCUT2D eigenvalue weighted by Gasteiger charge is -2.26. The van der Waals surface area contributed by atoms with E-state index in [0.717, 1.165) is 5.69 Å². The molecule has 3 aromatic rings. The molecule has 0 aromatic heterocycles. The van der Waals surface area contributed by atoms with Crippen molar-refractivity contribution < 1.29 is 24.2 Å². The lowest BCUT2D eigenvalue weighted by molar-refractivity contribution is -0.132. The van der Waals surface area contributed by atoms with E-state index in [2.05, 4.69) is 0 Å².